The Morgan fingerprint density at radius 3 is 2.75 bits per heavy atom. The van der Waals surface area contributed by atoms with Crippen LogP contribution in [0.1, 0.15) is 16.7 Å². The fraction of sp³-hybridized carbons (Fsp3) is 0.214. The summed E-state index contributed by atoms with van der Waals surface area (Å²) in [6.45, 7) is 4.01. The zero-order valence-electron chi connectivity index (χ0n) is 11.1. The first kappa shape index (κ1) is 15.1. The first-order chi connectivity index (χ1) is 9.45. The number of hydrogen-bond donors (Lipinski definition) is 1. The van der Waals surface area contributed by atoms with Crippen molar-refractivity contribution in [3.8, 4) is 0 Å². The summed E-state index contributed by atoms with van der Waals surface area (Å²) in [5.41, 5.74) is 3.26. The van der Waals surface area contributed by atoms with E-state index >= 15 is 0 Å². The summed E-state index contributed by atoms with van der Waals surface area (Å²) in [7, 11) is 0. The maximum atomic E-state index is 12.1. The van der Waals surface area contributed by atoms with Crippen LogP contribution in [0.4, 0.5) is 5.82 Å². The molecule has 0 bridgehead atoms. The van der Waals surface area contributed by atoms with E-state index in [1.54, 1.807) is 0 Å². The van der Waals surface area contributed by atoms with Gasteiger partial charge in [0.05, 0.1) is 12.6 Å². The van der Waals surface area contributed by atoms with Gasteiger partial charge in [-0.3, -0.25) is 4.79 Å². The maximum Gasteiger partial charge on any atom is 0.230 e. The van der Waals surface area contributed by atoms with Crippen molar-refractivity contribution in [3.05, 3.63) is 50.3 Å². The van der Waals surface area contributed by atoms with Crippen LogP contribution >= 0.6 is 31.9 Å². The third-order valence-corrected chi connectivity index (χ3v) is 3.75. The molecule has 1 heterocycles. The Bertz CT molecular complexity index is 659. The molecule has 0 saturated carbocycles. The number of hydrogen-bond acceptors (Lipinski definition) is 3. The van der Waals surface area contributed by atoms with Gasteiger partial charge in [-0.1, -0.05) is 23.8 Å². The molecular weight excluding hydrogens is 386 g/mol. The number of aryl methyl sites for hydroxylation is 2. The minimum atomic E-state index is -0.115. The van der Waals surface area contributed by atoms with Crippen LogP contribution in [0.3, 0.4) is 0 Å². The Hall–Kier alpha value is -1.27. The fourth-order valence-electron chi connectivity index (χ4n) is 1.77. The highest BCUT2D eigenvalue weighted by atomic mass is 79.9. The van der Waals surface area contributed by atoms with E-state index in [1.165, 1.54) is 6.20 Å². The third-order valence-electron chi connectivity index (χ3n) is 2.81. The number of halogens is 2. The van der Waals surface area contributed by atoms with Gasteiger partial charge in [0, 0.05) is 0 Å². The fourth-order valence-corrected chi connectivity index (χ4v) is 2.68. The van der Waals surface area contributed by atoms with Gasteiger partial charge in [-0.15, -0.1) is 0 Å². The second kappa shape index (κ2) is 6.45. The topological polar surface area (TPSA) is 54.9 Å². The maximum absolute atomic E-state index is 12.1. The zero-order valence-corrected chi connectivity index (χ0v) is 14.2. The average molecular weight is 399 g/mol. The van der Waals surface area contributed by atoms with Crippen LogP contribution in [0.25, 0.3) is 0 Å². The molecule has 0 unspecified atom stereocenters. The summed E-state index contributed by atoms with van der Waals surface area (Å²) in [6, 6.07) is 6.08. The van der Waals surface area contributed by atoms with Crippen molar-refractivity contribution < 1.29 is 4.79 Å². The van der Waals surface area contributed by atoms with Gasteiger partial charge in [-0.25, -0.2) is 9.97 Å². The molecule has 2 rings (SSSR count). The Labute approximate surface area is 134 Å². The number of rotatable bonds is 3. The van der Waals surface area contributed by atoms with Gasteiger partial charge in [0.1, 0.15) is 9.21 Å². The minimum absolute atomic E-state index is 0.115. The SMILES string of the molecule is Cc1ccc(C)c(CC(=O)Nc2ncc(Br)nc2Br)c1. The average Bonchev–Trinajstić information content (AvgIpc) is 2.37. The highest BCUT2D eigenvalue weighted by molar-refractivity contribution is 9.11. The summed E-state index contributed by atoms with van der Waals surface area (Å²) in [5.74, 6) is 0.305. The standard InChI is InChI=1S/C14H13Br2N3O/c1-8-3-4-9(2)10(5-8)6-12(20)19-14-13(16)18-11(15)7-17-14/h3-5,7H,6H2,1-2H3,(H,17,19,20). The normalized spacial score (nSPS) is 10.4. The smallest absolute Gasteiger partial charge is 0.230 e. The molecule has 0 atom stereocenters. The van der Waals surface area contributed by atoms with Gasteiger partial charge in [0.15, 0.2) is 5.82 Å². The van der Waals surface area contributed by atoms with E-state index in [4.69, 9.17) is 0 Å². The molecule has 6 heteroatoms. The number of carbonyl (C=O) groups is 1. The van der Waals surface area contributed by atoms with Crippen LogP contribution in [-0.4, -0.2) is 15.9 Å². The van der Waals surface area contributed by atoms with Crippen molar-refractivity contribution in [2.24, 2.45) is 0 Å². The molecule has 1 amide bonds. The molecule has 1 N–H and O–H groups in total. The lowest BCUT2D eigenvalue weighted by Crippen LogP contribution is -2.16. The molecular formula is C14H13Br2N3O. The van der Waals surface area contributed by atoms with Crippen molar-refractivity contribution in [3.63, 3.8) is 0 Å². The number of anilines is 1. The van der Waals surface area contributed by atoms with E-state index in [0.717, 1.165) is 16.7 Å². The Morgan fingerprint density at radius 2 is 2.05 bits per heavy atom. The largest absolute Gasteiger partial charge is 0.308 e. The van der Waals surface area contributed by atoms with Crippen molar-refractivity contribution in [1.29, 1.82) is 0 Å². The number of carbonyl (C=O) groups excluding carboxylic acids is 1. The lowest BCUT2D eigenvalue weighted by Gasteiger charge is -2.08. The summed E-state index contributed by atoms with van der Waals surface area (Å²) >= 11 is 6.49. The number of aromatic nitrogens is 2. The van der Waals surface area contributed by atoms with E-state index < -0.39 is 0 Å². The molecule has 1 aromatic heterocycles. The lowest BCUT2D eigenvalue weighted by atomic mass is 10.0. The highest BCUT2D eigenvalue weighted by Gasteiger charge is 2.10. The van der Waals surface area contributed by atoms with Crippen molar-refractivity contribution in [2.45, 2.75) is 20.3 Å². The molecule has 0 fully saturated rings. The van der Waals surface area contributed by atoms with Crippen molar-refractivity contribution in [2.75, 3.05) is 5.32 Å². The van der Waals surface area contributed by atoms with Crippen LogP contribution in [0.2, 0.25) is 0 Å². The number of nitrogens with one attached hydrogen (secondary N) is 1. The molecule has 0 radical (unpaired) electrons. The predicted octanol–water partition coefficient (Wildman–Crippen LogP) is 3.80. The molecule has 2 aromatic rings. The van der Waals surface area contributed by atoms with E-state index in [0.29, 0.717) is 21.4 Å². The molecule has 4 nitrogen and oxygen atoms in total. The molecule has 0 saturated heterocycles. The molecule has 0 aliphatic rings. The monoisotopic (exact) mass is 397 g/mol. The summed E-state index contributed by atoms with van der Waals surface area (Å²) in [6.07, 6.45) is 1.86. The van der Waals surface area contributed by atoms with E-state index in [9.17, 15) is 4.79 Å². The van der Waals surface area contributed by atoms with Gasteiger partial charge >= 0.3 is 0 Å². The molecule has 0 aliphatic heterocycles. The Morgan fingerprint density at radius 1 is 1.30 bits per heavy atom. The van der Waals surface area contributed by atoms with Crippen LogP contribution in [0.15, 0.2) is 33.6 Å². The zero-order chi connectivity index (χ0) is 14.7. The third kappa shape index (κ3) is 3.86. The van der Waals surface area contributed by atoms with Crippen molar-refractivity contribution >= 4 is 43.6 Å². The summed E-state index contributed by atoms with van der Waals surface area (Å²) in [4.78, 5) is 20.3. The lowest BCUT2D eigenvalue weighted by molar-refractivity contribution is -0.115. The van der Waals surface area contributed by atoms with Gasteiger partial charge in [0.25, 0.3) is 0 Å². The number of amides is 1. The number of benzene rings is 1. The first-order valence-electron chi connectivity index (χ1n) is 5.99. The van der Waals surface area contributed by atoms with Gasteiger partial charge in [-0.05, 0) is 56.8 Å². The highest BCUT2D eigenvalue weighted by Crippen LogP contribution is 2.20. The molecule has 1 aromatic carbocycles. The van der Waals surface area contributed by atoms with Gasteiger partial charge in [0.2, 0.25) is 5.91 Å². The van der Waals surface area contributed by atoms with Crippen molar-refractivity contribution in [1.82, 2.24) is 9.97 Å². The van der Waals surface area contributed by atoms with Gasteiger partial charge in [-0.2, -0.15) is 0 Å². The van der Waals surface area contributed by atoms with Crippen LogP contribution in [0.5, 0.6) is 0 Å². The number of nitrogens with zero attached hydrogens (tertiary/aromatic N) is 2. The molecule has 20 heavy (non-hydrogen) atoms. The Kier molecular flexibility index (Phi) is 4.88. The molecule has 104 valence electrons. The van der Waals surface area contributed by atoms with Crippen LogP contribution < -0.4 is 5.32 Å². The second-order valence-corrected chi connectivity index (χ2v) is 6.05. The van der Waals surface area contributed by atoms with E-state index in [-0.39, 0.29) is 5.91 Å². The predicted molar refractivity (Wildman–Crippen MR) is 85.7 cm³/mol. The van der Waals surface area contributed by atoms with Gasteiger partial charge < -0.3 is 5.32 Å². The Balaban J connectivity index is 2.11. The molecule has 0 spiro atoms. The van der Waals surface area contributed by atoms with Crippen LogP contribution in [-0.2, 0) is 11.2 Å². The second-order valence-electron chi connectivity index (χ2n) is 4.49. The van der Waals surface area contributed by atoms with E-state index in [1.807, 2.05) is 32.0 Å². The quantitative estimate of drug-likeness (QED) is 0.855. The summed E-state index contributed by atoms with van der Waals surface area (Å²) < 4.78 is 1.11. The first-order valence-corrected chi connectivity index (χ1v) is 7.58. The van der Waals surface area contributed by atoms with E-state index in [2.05, 4.69) is 47.1 Å². The molecule has 0 aliphatic carbocycles. The minimum Gasteiger partial charge on any atom is -0.308 e. The summed E-state index contributed by atoms with van der Waals surface area (Å²) in [5, 5.41) is 2.75. The van der Waals surface area contributed by atoms with Crippen LogP contribution in [0, 0.1) is 13.8 Å².